The summed E-state index contributed by atoms with van der Waals surface area (Å²) < 4.78 is 0. The maximum absolute atomic E-state index is 5.85. The smallest absolute Gasteiger partial charge is 0 e. The molecule has 0 rings (SSSR count). The second-order valence-corrected chi connectivity index (χ2v) is 0.177. The van der Waals surface area contributed by atoms with Crippen molar-refractivity contribution in [2.45, 2.75) is 0 Å². The molecule has 0 heterocycles. The zero-order valence-electron chi connectivity index (χ0n) is 2.60. The third kappa shape index (κ3) is 86.6. The summed E-state index contributed by atoms with van der Waals surface area (Å²) in [5, 5.41) is 0. The molecule has 0 nitrogen and oxygen atoms in total. The molecule has 0 aliphatic rings. The van der Waals surface area contributed by atoms with E-state index in [9.17, 15) is 0 Å². The van der Waals surface area contributed by atoms with E-state index < -0.39 is 0 Å². The van der Waals surface area contributed by atoms with E-state index in [-0.39, 0.29) is 37.1 Å². The molecule has 0 spiro atoms. The molecule has 26 valence electrons. The summed E-state index contributed by atoms with van der Waals surface area (Å²) in [5.41, 5.74) is 0. The van der Waals surface area contributed by atoms with E-state index in [1.165, 1.54) is 0 Å². The molecule has 0 N–H and O–H groups in total. The van der Waals surface area contributed by atoms with Crippen molar-refractivity contribution in [3.8, 4) is 5.92 Å². The molecular formula is C3H2V2-2. The third-order valence-electron chi connectivity index (χ3n) is 0. The SMILES string of the molecule is [C-]#C[CH2-].[V].[V]. The van der Waals surface area contributed by atoms with Gasteiger partial charge in [0.25, 0.3) is 0 Å². The minimum atomic E-state index is 0. The van der Waals surface area contributed by atoms with Gasteiger partial charge in [0.15, 0.2) is 0 Å². The summed E-state index contributed by atoms with van der Waals surface area (Å²) in [6.07, 6.45) is 5.85. The van der Waals surface area contributed by atoms with Crippen LogP contribution in [-0.4, -0.2) is 0 Å². The van der Waals surface area contributed by atoms with E-state index in [2.05, 4.69) is 6.92 Å². The Morgan fingerprint density at radius 1 is 1.40 bits per heavy atom. The van der Waals surface area contributed by atoms with E-state index in [1.54, 1.807) is 5.92 Å². The van der Waals surface area contributed by atoms with Crippen molar-refractivity contribution in [1.29, 1.82) is 0 Å². The van der Waals surface area contributed by atoms with E-state index in [0.29, 0.717) is 0 Å². The maximum atomic E-state index is 5.85. The Morgan fingerprint density at radius 2 is 1.40 bits per heavy atom. The Labute approximate surface area is 56.5 Å². The number of hydrogen-bond acceptors (Lipinski definition) is 0. The molecule has 0 aliphatic carbocycles. The van der Waals surface area contributed by atoms with Crippen molar-refractivity contribution in [3.05, 3.63) is 13.3 Å². The molecule has 0 aromatic heterocycles. The van der Waals surface area contributed by atoms with Crippen LogP contribution >= 0.6 is 0 Å². The van der Waals surface area contributed by atoms with Crippen LogP contribution in [-0.2, 0) is 37.1 Å². The molecule has 2 radical (unpaired) electrons. The van der Waals surface area contributed by atoms with Gasteiger partial charge in [-0.2, -0.15) is 0 Å². The van der Waals surface area contributed by atoms with Crippen LogP contribution in [0.1, 0.15) is 0 Å². The van der Waals surface area contributed by atoms with Crippen molar-refractivity contribution in [1.82, 2.24) is 0 Å². The van der Waals surface area contributed by atoms with Gasteiger partial charge in [-0.3, -0.25) is 0 Å². The Morgan fingerprint density at radius 3 is 1.40 bits per heavy atom. The van der Waals surface area contributed by atoms with Gasteiger partial charge in [0, 0.05) is 37.1 Å². The van der Waals surface area contributed by atoms with Crippen LogP contribution in [0, 0.1) is 19.3 Å². The molecular weight excluding hydrogens is 138 g/mol. The predicted molar refractivity (Wildman–Crippen MR) is 12.5 cm³/mol. The first kappa shape index (κ1) is 17.5. The zero-order valence-corrected chi connectivity index (χ0v) is 5.39. The molecule has 0 aromatic rings. The molecule has 0 saturated heterocycles. The van der Waals surface area contributed by atoms with Crippen molar-refractivity contribution in [2.75, 3.05) is 0 Å². The van der Waals surface area contributed by atoms with Gasteiger partial charge in [0.2, 0.25) is 0 Å². The first-order valence-corrected chi connectivity index (χ1v) is 0.604. The van der Waals surface area contributed by atoms with Gasteiger partial charge in [-0.1, -0.05) is 0 Å². The van der Waals surface area contributed by atoms with Gasteiger partial charge >= 0.3 is 0 Å². The van der Waals surface area contributed by atoms with Gasteiger partial charge in [-0.15, -0.1) is 0 Å². The van der Waals surface area contributed by atoms with Crippen LogP contribution in [0.2, 0.25) is 0 Å². The summed E-state index contributed by atoms with van der Waals surface area (Å²) in [5.74, 6) is 1.75. The second kappa shape index (κ2) is 23.3. The van der Waals surface area contributed by atoms with Crippen LogP contribution in [0.3, 0.4) is 0 Å². The average Bonchev–Trinajstić information content (AvgIpc) is 0.918. The van der Waals surface area contributed by atoms with Gasteiger partial charge < -0.3 is 19.3 Å². The fourth-order valence-corrected chi connectivity index (χ4v) is 0. The van der Waals surface area contributed by atoms with E-state index in [1.807, 2.05) is 0 Å². The first-order chi connectivity index (χ1) is 1.41. The van der Waals surface area contributed by atoms with E-state index >= 15 is 0 Å². The minimum absolute atomic E-state index is 0. The summed E-state index contributed by atoms with van der Waals surface area (Å²) in [6, 6.07) is 0. The summed E-state index contributed by atoms with van der Waals surface area (Å²) in [7, 11) is 0. The Kier molecular flexibility index (Phi) is 81.7. The quantitative estimate of drug-likeness (QED) is 0.337. The third-order valence-corrected chi connectivity index (χ3v) is 0. The van der Waals surface area contributed by atoms with Gasteiger partial charge in [-0.25, -0.2) is 0 Å². The molecule has 0 fully saturated rings. The molecule has 0 amide bonds. The van der Waals surface area contributed by atoms with E-state index in [4.69, 9.17) is 6.42 Å². The fraction of sp³-hybridized carbons (Fsp3) is 0. The van der Waals surface area contributed by atoms with Crippen LogP contribution in [0.15, 0.2) is 0 Å². The summed E-state index contributed by atoms with van der Waals surface area (Å²) in [6.45, 7) is 2.90. The van der Waals surface area contributed by atoms with Crippen molar-refractivity contribution >= 4 is 0 Å². The largest absolute Gasteiger partial charge is 0.729 e. The molecule has 2 heteroatoms. The molecule has 0 unspecified atom stereocenters. The molecule has 0 atom stereocenters. The first-order valence-electron chi connectivity index (χ1n) is 0.604. The molecule has 0 bridgehead atoms. The summed E-state index contributed by atoms with van der Waals surface area (Å²) >= 11 is 0. The van der Waals surface area contributed by atoms with Crippen molar-refractivity contribution in [2.24, 2.45) is 0 Å². The fourth-order valence-electron chi connectivity index (χ4n) is 0. The predicted octanol–water partition coefficient (Wildman–Crippen LogP) is 0.405. The molecule has 0 aromatic carbocycles. The minimum Gasteiger partial charge on any atom is -0.729 e. The van der Waals surface area contributed by atoms with Gasteiger partial charge in [0.1, 0.15) is 0 Å². The van der Waals surface area contributed by atoms with Gasteiger partial charge in [-0.05, 0) is 0 Å². The molecule has 0 aliphatic heterocycles. The standard InChI is InChI=1S/C3H2.2V/c1-3-2;;/h1H2;;/q-2;;. The monoisotopic (exact) mass is 140 g/mol. The number of rotatable bonds is 0. The van der Waals surface area contributed by atoms with Crippen molar-refractivity contribution in [3.63, 3.8) is 0 Å². The average molecular weight is 140 g/mol. The number of hydrogen-bond donors (Lipinski definition) is 0. The Hall–Kier alpha value is 0.599. The summed E-state index contributed by atoms with van der Waals surface area (Å²) in [4.78, 5) is 0. The molecule has 0 saturated carbocycles. The van der Waals surface area contributed by atoms with Crippen LogP contribution in [0.5, 0.6) is 0 Å². The van der Waals surface area contributed by atoms with Crippen LogP contribution < -0.4 is 0 Å². The van der Waals surface area contributed by atoms with Crippen LogP contribution in [0.4, 0.5) is 0 Å². The zero-order chi connectivity index (χ0) is 2.71. The molecule has 5 heavy (non-hydrogen) atoms. The normalized spacial score (nSPS) is 1.40. The Balaban J connectivity index is -0.0000000200. The van der Waals surface area contributed by atoms with Gasteiger partial charge in [0.05, 0.1) is 0 Å². The topological polar surface area (TPSA) is 0 Å². The van der Waals surface area contributed by atoms with E-state index in [0.717, 1.165) is 0 Å². The Bertz CT molecular complexity index is 26.4. The van der Waals surface area contributed by atoms with Crippen LogP contribution in [0.25, 0.3) is 0 Å². The van der Waals surface area contributed by atoms with Crippen molar-refractivity contribution < 1.29 is 37.1 Å². The maximum Gasteiger partial charge on any atom is 0 e. The second-order valence-electron chi connectivity index (χ2n) is 0.177.